The highest BCUT2D eigenvalue weighted by atomic mass is 16.7. The average Bonchev–Trinajstić information content (AvgIpc) is 3.25. The maximum Gasteiger partial charge on any atom is 0.248 e. The number of pyridine rings is 1. The number of amidine groups is 1. The molecule has 0 radical (unpaired) electrons. The topological polar surface area (TPSA) is 98.8 Å². The number of carbonyl (C=O) groups excluding carboxylic acids is 1. The van der Waals surface area contributed by atoms with Crippen molar-refractivity contribution in [2.45, 2.75) is 0 Å². The first-order valence-corrected chi connectivity index (χ1v) is 9.31. The van der Waals surface area contributed by atoms with Crippen LogP contribution in [0.4, 0.5) is 0 Å². The van der Waals surface area contributed by atoms with Crippen molar-refractivity contribution in [1.29, 1.82) is 0 Å². The average molecular weight is 400 g/mol. The van der Waals surface area contributed by atoms with Crippen LogP contribution in [0.25, 0.3) is 11.8 Å². The van der Waals surface area contributed by atoms with Crippen LogP contribution in [0.2, 0.25) is 0 Å². The third-order valence-electron chi connectivity index (χ3n) is 4.58. The van der Waals surface area contributed by atoms with Crippen molar-refractivity contribution >= 4 is 23.5 Å². The van der Waals surface area contributed by atoms with Crippen LogP contribution in [0.15, 0.2) is 71.9 Å². The Bertz CT molecular complexity index is 1120. The van der Waals surface area contributed by atoms with Crippen molar-refractivity contribution in [2.75, 3.05) is 13.8 Å². The van der Waals surface area contributed by atoms with Crippen molar-refractivity contribution in [3.8, 4) is 11.5 Å². The number of aliphatic imine (C=N–C) groups is 1. The Morgan fingerprint density at radius 2 is 1.77 bits per heavy atom. The molecule has 1 aliphatic heterocycles. The van der Waals surface area contributed by atoms with Gasteiger partial charge in [-0.3, -0.25) is 14.8 Å². The van der Waals surface area contributed by atoms with E-state index in [0.717, 1.165) is 22.5 Å². The molecule has 30 heavy (non-hydrogen) atoms. The fourth-order valence-corrected chi connectivity index (χ4v) is 3.04. The van der Waals surface area contributed by atoms with Crippen molar-refractivity contribution in [3.05, 3.63) is 89.2 Å². The number of hydrogen-bond acceptors (Lipinski definition) is 5. The van der Waals surface area contributed by atoms with E-state index in [2.05, 4.69) is 15.3 Å². The lowest BCUT2D eigenvalue weighted by molar-refractivity contribution is 0.100. The Kier molecular flexibility index (Phi) is 5.43. The molecule has 4 rings (SSSR count). The Balaban J connectivity index is 1.70. The second-order valence-corrected chi connectivity index (χ2v) is 6.52. The van der Waals surface area contributed by atoms with Gasteiger partial charge in [0.1, 0.15) is 5.84 Å². The normalized spacial score (nSPS) is 13.2. The van der Waals surface area contributed by atoms with Crippen molar-refractivity contribution < 1.29 is 14.3 Å². The number of aromatic nitrogens is 1. The number of nitrogens with zero attached hydrogens (tertiary/aromatic N) is 2. The maximum atomic E-state index is 11.3. The molecule has 1 aliphatic rings. The van der Waals surface area contributed by atoms with Gasteiger partial charge in [-0.2, -0.15) is 0 Å². The summed E-state index contributed by atoms with van der Waals surface area (Å²) in [5.41, 5.74) is 9.05. The Morgan fingerprint density at radius 3 is 2.47 bits per heavy atom. The molecule has 0 saturated heterocycles. The number of primary amides is 1. The molecule has 3 N–H and O–H groups in total. The number of ether oxygens (including phenoxy) is 2. The van der Waals surface area contributed by atoms with Crippen LogP contribution in [0.1, 0.15) is 27.2 Å². The van der Waals surface area contributed by atoms with Crippen LogP contribution in [-0.2, 0) is 0 Å². The summed E-state index contributed by atoms with van der Waals surface area (Å²) in [5, 5.41) is 3.38. The van der Waals surface area contributed by atoms with Gasteiger partial charge in [0.15, 0.2) is 11.5 Å². The van der Waals surface area contributed by atoms with Crippen molar-refractivity contribution in [1.82, 2.24) is 10.3 Å². The maximum absolute atomic E-state index is 11.3. The molecule has 1 amide bonds. The Hall–Kier alpha value is -4.13. The predicted molar refractivity (Wildman–Crippen MR) is 115 cm³/mol. The van der Waals surface area contributed by atoms with Gasteiger partial charge in [0.05, 0.1) is 5.69 Å². The van der Waals surface area contributed by atoms with E-state index in [1.165, 1.54) is 0 Å². The molecule has 0 fully saturated rings. The number of nitrogens with two attached hydrogens (primary N) is 1. The standard InChI is InChI=1S/C23H20N4O3/c1-25-23(16-7-5-15(6-8-16)22(24)28)27-19(13-18-4-2-3-11-26-18)17-9-10-20-21(12-17)30-14-29-20/h2-13H,14H2,1H3,(H2,24,28)(H,25,27)/b19-13+. The fraction of sp³-hybridized carbons (Fsp3) is 0.0870. The molecular formula is C23H20N4O3. The highest BCUT2D eigenvalue weighted by Crippen LogP contribution is 2.34. The smallest absolute Gasteiger partial charge is 0.248 e. The molecule has 150 valence electrons. The molecule has 2 aromatic carbocycles. The first-order valence-electron chi connectivity index (χ1n) is 9.31. The predicted octanol–water partition coefficient (Wildman–Crippen LogP) is 3.07. The summed E-state index contributed by atoms with van der Waals surface area (Å²) >= 11 is 0. The summed E-state index contributed by atoms with van der Waals surface area (Å²) < 4.78 is 10.9. The molecule has 0 saturated carbocycles. The lowest BCUT2D eigenvalue weighted by atomic mass is 10.1. The zero-order chi connectivity index (χ0) is 20.9. The number of fused-ring (bicyclic) bond motifs is 1. The minimum atomic E-state index is -0.472. The molecule has 2 heterocycles. The highest BCUT2D eigenvalue weighted by molar-refractivity contribution is 6.06. The van der Waals surface area contributed by atoms with E-state index in [-0.39, 0.29) is 6.79 Å². The SMILES string of the molecule is CN=C(N/C(=C/c1ccccn1)c1ccc2c(c1)OCO2)c1ccc(C(N)=O)cc1. The van der Waals surface area contributed by atoms with Crippen LogP contribution in [0.3, 0.4) is 0 Å². The molecule has 0 unspecified atom stereocenters. The second-order valence-electron chi connectivity index (χ2n) is 6.52. The van der Waals surface area contributed by atoms with E-state index in [1.54, 1.807) is 37.5 Å². The summed E-state index contributed by atoms with van der Waals surface area (Å²) in [4.78, 5) is 20.1. The third kappa shape index (κ3) is 4.15. The van der Waals surface area contributed by atoms with Gasteiger partial charge in [0.25, 0.3) is 0 Å². The molecule has 0 aliphatic carbocycles. The van der Waals surface area contributed by atoms with E-state index in [4.69, 9.17) is 15.2 Å². The van der Waals surface area contributed by atoms with E-state index in [0.29, 0.717) is 22.9 Å². The number of carbonyl (C=O) groups is 1. The van der Waals surface area contributed by atoms with Gasteiger partial charge in [0, 0.05) is 35.6 Å². The van der Waals surface area contributed by atoms with Crippen LogP contribution in [0, 0.1) is 0 Å². The number of nitrogens with one attached hydrogen (secondary N) is 1. The lowest BCUT2D eigenvalue weighted by Crippen LogP contribution is -2.23. The number of amides is 1. The molecule has 3 aromatic rings. The minimum absolute atomic E-state index is 0.208. The van der Waals surface area contributed by atoms with E-state index >= 15 is 0 Å². The summed E-state index contributed by atoms with van der Waals surface area (Å²) in [7, 11) is 1.70. The zero-order valence-corrected chi connectivity index (χ0v) is 16.3. The Morgan fingerprint density at radius 1 is 1.03 bits per heavy atom. The van der Waals surface area contributed by atoms with E-state index in [9.17, 15) is 4.79 Å². The van der Waals surface area contributed by atoms with E-state index in [1.807, 2.05) is 42.5 Å². The third-order valence-corrected chi connectivity index (χ3v) is 4.58. The fourth-order valence-electron chi connectivity index (χ4n) is 3.04. The van der Waals surface area contributed by atoms with Gasteiger partial charge in [0.2, 0.25) is 12.7 Å². The second kappa shape index (κ2) is 8.48. The molecule has 0 atom stereocenters. The monoisotopic (exact) mass is 400 g/mol. The summed E-state index contributed by atoms with van der Waals surface area (Å²) in [6.45, 7) is 0.208. The van der Waals surface area contributed by atoms with Crippen LogP contribution in [-0.4, -0.2) is 30.6 Å². The largest absolute Gasteiger partial charge is 0.454 e. The van der Waals surface area contributed by atoms with Gasteiger partial charge in [-0.05, 0) is 48.5 Å². The first kappa shape index (κ1) is 19.2. The summed E-state index contributed by atoms with van der Waals surface area (Å²) in [6.07, 6.45) is 3.67. The number of rotatable bonds is 5. The van der Waals surface area contributed by atoms with Gasteiger partial charge in [-0.1, -0.05) is 18.2 Å². The van der Waals surface area contributed by atoms with Gasteiger partial charge in [-0.25, -0.2) is 0 Å². The highest BCUT2D eigenvalue weighted by Gasteiger charge is 2.16. The van der Waals surface area contributed by atoms with Gasteiger partial charge >= 0.3 is 0 Å². The zero-order valence-electron chi connectivity index (χ0n) is 16.3. The number of hydrogen-bond donors (Lipinski definition) is 2. The Labute approximate surface area is 173 Å². The lowest BCUT2D eigenvalue weighted by Gasteiger charge is -2.15. The van der Waals surface area contributed by atoms with Crippen molar-refractivity contribution in [2.24, 2.45) is 10.7 Å². The molecule has 1 aromatic heterocycles. The van der Waals surface area contributed by atoms with E-state index < -0.39 is 5.91 Å². The molecule has 7 heteroatoms. The quantitative estimate of drug-likeness (QED) is 0.507. The van der Waals surface area contributed by atoms with Gasteiger partial charge in [-0.15, -0.1) is 0 Å². The summed E-state index contributed by atoms with van der Waals surface area (Å²) in [6, 6.07) is 18.4. The molecule has 0 spiro atoms. The first-order chi connectivity index (χ1) is 14.6. The number of benzene rings is 2. The molecular weight excluding hydrogens is 380 g/mol. The molecule has 7 nitrogen and oxygen atoms in total. The van der Waals surface area contributed by atoms with Crippen LogP contribution >= 0.6 is 0 Å². The summed E-state index contributed by atoms with van der Waals surface area (Å²) in [5.74, 6) is 1.55. The van der Waals surface area contributed by atoms with Gasteiger partial charge < -0.3 is 20.5 Å². The van der Waals surface area contributed by atoms with Crippen LogP contribution in [0.5, 0.6) is 11.5 Å². The van der Waals surface area contributed by atoms with Crippen molar-refractivity contribution in [3.63, 3.8) is 0 Å². The van der Waals surface area contributed by atoms with Crippen LogP contribution < -0.4 is 20.5 Å². The molecule has 0 bridgehead atoms. The minimum Gasteiger partial charge on any atom is -0.454 e.